The summed E-state index contributed by atoms with van der Waals surface area (Å²) in [6.07, 6.45) is 1.76. The van der Waals surface area contributed by atoms with Crippen molar-refractivity contribution in [3.05, 3.63) is 30.5 Å². The summed E-state index contributed by atoms with van der Waals surface area (Å²) in [5, 5.41) is 15.5. The molecular weight excluding hydrogens is 256 g/mol. The lowest BCUT2D eigenvalue weighted by Gasteiger charge is -2.07. The highest BCUT2D eigenvalue weighted by atomic mass is 16.6. The predicted molar refractivity (Wildman–Crippen MR) is 75.7 cm³/mol. The Labute approximate surface area is 112 Å². The zero-order valence-electron chi connectivity index (χ0n) is 10.3. The van der Waals surface area contributed by atoms with Gasteiger partial charge in [-0.2, -0.15) is 5.10 Å². The van der Waals surface area contributed by atoms with Crippen molar-refractivity contribution in [2.45, 2.75) is 0 Å². The zero-order chi connectivity index (χ0) is 13.7. The molecule has 4 aromatic rings. The Hall–Kier alpha value is -3.09. The minimum atomic E-state index is 0.479. The molecule has 2 heterocycles. The summed E-state index contributed by atoms with van der Waals surface area (Å²) in [4.78, 5) is 0. The van der Waals surface area contributed by atoms with Gasteiger partial charge in [0.1, 0.15) is 0 Å². The number of fused-ring (bicyclic) bond motifs is 2. The molecule has 0 spiro atoms. The molecule has 0 aliphatic carbocycles. The number of H-pyrrole nitrogens is 1. The van der Waals surface area contributed by atoms with Gasteiger partial charge < -0.3 is 11.5 Å². The summed E-state index contributed by atoms with van der Waals surface area (Å²) in [5.74, 6) is 0. The first kappa shape index (κ1) is 10.8. The second kappa shape index (κ2) is 3.70. The molecule has 0 amide bonds. The number of hydrogen-bond acceptors (Lipinski definition) is 6. The van der Waals surface area contributed by atoms with Gasteiger partial charge >= 0.3 is 0 Å². The summed E-state index contributed by atoms with van der Waals surface area (Å²) in [5.41, 5.74) is 16.7. The molecule has 0 radical (unpaired) electrons. The van der Waals surface area contributed by atoms with Gasteiger partial charge in [0.05, 0.1) is 23.1 Å². The molecule has 98 valence electrons. The van der Waals surface area contributed by atoms with E-state index in [2.05, 4.69) is 20.5 Å². The zero-order valence-corrected chi connectivity index (χ0v) is 10.3. The van der Waals surface area contributed by atoms with Crippen LogP contribution in [0.4, 0.5) is 11.4 Å². The van der Waals surface area contributed by atoms with Crippen molar-refractivity contribution in [1.29, 1.82) is 0 Å². The minimum Gasteiger partial charge on any atom is -0.397 e. The smallest absolute Gasteiger partial charge is 0.160 e. The molecule has 0 saturated carbocycles. The number of benzene rings is 2. The Morgan fingerprint density at radius 1 is 1.05 bits per heavy atom. The highest BCUT2D eigenvalue weighted by Gasteiger charge is 2.14. The van der Waals surface area contributed by atoms with Gasteiger partial charge in [0.2, 0.25) is 0 Å². The van der Waals surface area contributed by atoms with Crippen molar-refractivity contribution < 1.29 is 4.63 Å². The highest BCUT2D eigenvalue weighted by molar-refractivity contribution is 6.03. The van der Waals surface area contributed by atoms with Crippen molar-refractivity contribution in [2.75, 3.05) is 11.5 Å². The van der Waals surface area contributed by atoms with Crippen LogP contribution in [0.15, 0.2) is 35.1 Å². The molecule has 0 fully saturated rings. The maximum Gasteiger partial charge on any atom is 0.160 e. The molecule has 0 unspecified atom stereocenters. The standard InChI is InChI=1S/C13H10N6O/c14-9-4-8(11(15)13-12(9)18-20-19-13)6-1-2-10-7(3-6)5-16-17-10/h1-5H,14-15H2,(H,16,17). The third kappa shape index (κ3) is 1.37. The molecule has 0 saturated heterocycles. The molecule has 2 aromatic heterocycles. The van der Waals surface area contributed by atoms with Gasteiger partial charge in [0, 0.05) is 10.9 Å². The van der Waals surface area contributed by atoms with Crippen LogP contribution in [-0.4, -0.2) is 20.5 Å². The van der Waals surface area contributed by atoms with Crippen molar-refractivity contribution >= 4 is 33.3 Å². The lowest BCUT2D eigenvalue weighted by Crippen LogP contribution is -1.96. The second-order valence-corrected chi connectivity index (χ2v) is 4.56. The van der Waals surface area contributed by atoms with Gasteiger partial charge in [-0.15, -0.1) is 0 Å². The molecule has 20 heavy (non-hydrogen) atoms. The van der Waals surface area contributed by atoms with Crippen LogP contribution in [-0.2, 0) is 0 Å². The van der Waals surface area contributed by atoms with Crippen molar-refractivity contribution in [3.8, 4) is 11.1 Å². The van der Waals surface area contributed by atoms with E-state index in [0.29, 0.717) is 22.4 Å². The van der Waals surface area contributed by atoms with Crippen molar-refractivity contribution in [2.24, 2.45) is 0 Å². The Balaban J connectivity index is 2.03. The largest absolute Gasteiger partial charge is 0.397 e. The average Bonchev–Trinajstić information content (AvgIpc) is 3.10. The third-order valence-electron chi connectivity index (χ3n) is 3.36. The SMILES string of the molecule is Nc1cc(-c2ccc3[nH]ncc3c2)c(N)c2nonc12. The van der Waals surface area contributed by atoms with Crippen molar-refractivity contribution in [3.63, 3.8) is 0 Å². The lowest BCUT2D eigenvalue weighted by molar-refractivity contribution is 0.316. The minimum absolute atomic E-state index is 0.479. The van der Waals surface area contributed by atoms with Crippen LogP contribution in [0.25, 0.3) is 33.1 Å². The number of rotatable bonds is 1. The Morgan fingerprint density at radius 3 is 2.80 bits per heavy atom. The summed E-state index contributed by atoms with van der Waals surface area (Å²) in [7, 11) is 0. The van der Waals surface area contributed by atoms with E-state index < -0.39 is 0 Å². The summed E-state index contributed by atoms with van der Waals surface area (Å²) in [6, 6.07) is 7.66. The normalized spacial score (nSPS) is 11.4. The van der Waals surface area contributed by atoms with E-state index in [0.717, 1.165) is 22.0 Å². The Kier molecular flexibility index (Phi) is 2.00. The number of nitrogens with two attached hydrogens (primary N) is 2. The fourth-order valence-electron chi connectivity index (χ4n) is 2.33. The number of aromatic nitrogens is 4. The van der Waals surface area contributed by atoms with Crippen LogP contribution >= 0.6 is 0 Å². The Morgan fingerprint density at radius 2 is 1.90 bits per heavy atom. The second-order valence-electron chi connectivity index (χ2n) is 4.56. The molecule has 0 bridgehead atoms. The number of aromatic amines is 1. The van der Waals surface area contributed by atoms with Gasteiger partial charge in [0.25, 0.3) is 0 Å². The van der Waals surface area contributed by atoms with Crippen LogP contribution in [0.3, 0.4) is 0 Å². The maximum atomic E-state index is 6.14. The number of nitrogen functional groups attached to an aromatic ring is 2. The quantitative estimate of drug-likeness (QED) is 0.453. The van der Waals surface area contributed by atoms with Crippen LogP contribution in [0.1, 0.15) is 0 Å². The van der Waals surface area contributed by atoms with E-state index in [-0.39, 0.29) is 0 Å². The van der Waals surface area contributed by atoms with Crippen LogP contribution in [0.5, 0.6) is 0 Å². The molecule has 0 aliphatic heterocycles. The van der Waals surface area contributed by atoms with E-state index in [4.69, 9.17) is 16.1 Å². The molecule has 0 atom stereocenters. The van der Waals surface area contributed by atoms with Crippen LogP contribution < -0.4 is 11.5 Å². The number of nitrogens with one attached hydrogen (secondary N) is 1. The van der Waals surface area contributed by atoms with Gasteiger partial charge in [-0.1, -0.05) is 6.07 Å². The van der Waals surface area contributed by atoms with Gasteiger partial charge in [0.15, 0.2) is 11.0 Å². The monoisotopic (exact) mass is 266 g/mol. The molecule has 7 heteroatoms. The fraction of sp³-hybridized carbons (Fsp3) is 0. The average molecular weight is 266 g/mol. The van der Waals surface area contributed by atoms with E-state index in [1.165, 1.54) is 0 Å². The van der Waals surface area contributed by atoms with Crippen molar-refractivity contribution in [1.82, 2.24) is 20.5 Å². The first-order valence-corrected chi connectivity index (χ1v) is 5.98. The third-order valence-corrected chi connectivity index (χ3v) is 3.36. The Bertz CT molecular complexity index is 938. The van der Waals surface area contributed by atoms with Crippen LogP contribution in [0, 0.1) is 0 Å². The van der Waals surface area contributed by atoms with E-state index >= 15 is 0 Å². The maximum absolute atomic E-state index is 6.14. The van der Waals surface area contributed by atoms with E-state index in [1.54, 1.807) is 12.3 Å². The topological polar surface area (TPSA) is 120 Å². The summed E-state index contributed by atoms with van der Waals surface area (Å²) in [6.45, 7) is 0. The van der Waals surface area contributed by atoms with Crippen LogP contribution in [0.2, 0.25) is 0 Å². The first-order valence-electron chi connectivity index (χ1n) is 5.98. The molecule has 0 aliphatic rings. The highest BCUT2D eigenvalue weighted by Crippen LogP contribution is 2.35. The number of anilines is 2. The van der Waals surface area contributed by atoms with Gasteiger partial charge in [-0.3, -0.25) is 5.10 Å². The van der Waals surface area contributed by atoms with E-state index in [9.17, 15) is 0 Å². The number of hydrogen-bond donors (Lipinski definition) is 3. The van der Waals surface area contributed by atoms with Gasteiger partial charge in [-0.25, -0.2) is 4.63 Å². The molecular formula is C13H10N6O. The van der Waals surface area contributed by atoms with Gasteiger partial charge in [-0.05, 0) is 34.1 Å². The first-order chi connectivity index (χ1) is 9.74. The molecule has 4 rings (SSSR count). The summed E-state index contributed by atoms with van der Waals surface area (Å²) >= 11 is 0. The molecule has 2 aromatic carbocycles. The van der Waals surface area contributed by atoms with E-state index in [1.807, 2.05) is 18.2 Å². The number of nitrogens with zero attached hydrogens (tertiary/aromatic N) is 3. The molecule has 7 nitrogen and oxygen atoms in total. The predicted octanol–water partition coefficient (Wildman–Crippen LogP) is 1.93. The summed E-state index contributed by atoms with van der Waals surface area (Å²) < 4.78 is 4.70. The molecule has 5 N–H and O–H groups in total. The lowest BCUT2D eigenvalue weighted by atomic mass is 10.0. The fourth-order valence-corrected chi connectivity index (χ4v) is 2.33.